The van der Waals surface area contributed by atoms with Crippen molar-refractivity contribution in [3.05, 3.63) is 28.8 Å². The van der Waals surface area contributed by atoms with E-state index in [1.165, 1.54) is 24.6 Å². The van der Waals surface area contributed by atoms with E-state index in [9.17, 15) is 4.79 Å². The summed E-state index contributed by atoms with van der Waals surface area (Å²) in [5, 5.41) is 9.51. The van der Waals surface area contributed by atoms with Gasteiger partial charge in [0.15, 0.2) is 10.9 Å². The van der Waals surface area contributed by atoms with Crippen LogP contribution in [-0.2, 0) is 13.1 Å². The van der Waals surface area contributed by atoms with Crippen LogP contribution in [0.2, 0.25) is 0 Å². The molecule has 1 aliphatic carbocycles. The first-order chi connectivity index (χ1) is 11.6. The smallest absolute Gasteiger partial charge is 0.191 e. The number of rotatable bonds is 8. The fraction of sp³-hybridized carbons (Fsp3) is 0.611. The van der Waals surface area contributed by atoms with Gasteiger partial charge >= 0.3 is 0 Å². The molecular formula is C18H26N4OS. The number of hydrogen-bond donors (Lipinski definition) is 0. The van der Waals surface area contributed by atoms with Crippen LogP contribution in [-0.4, -0.2) is 30.9 Å². The number of aromatic nitrogens is 4. The average Bonchev–Trinajstić information content (AvgIpc) is 3.27. The number of carbonyl (C=O) groups excluding carboxylic acids is 1. The molecule has 0 N–H and O–H groups in total. The Hall–Kier alpha value is -1.56. The number of thioether (sulfide) groups is 1. The van der Waals surface area contributed by atoms with Crippen LogP contribution in [0.25, 0.3) is 0 Å². The van der Waals surface area contributed by atoms with Crippen LogP contribution in [0.4, 0.5) is 0 Å². The summed E-state index contributed by atoms with van der Waals surface area (Å²) >= 11 is 1.51. The van der Waals surface area contributed by atoms with E-state index in [0.717, 1.165) is 47.4 Å². The number of nitrogens with zero attached hydrogens (tertiary/aromatic N) is 4. The zero-order valence-electron chi connectivity index (χ0n) is 15.0. The van der Waals surface area contributed by atoms with E-state index in [1.807, 2.05) is 13.0 Å². The molecule has 1 fully saturated rings. The Balaban J connectivity index is 1.71. The lowest BCUT2D eigenvalue weighted by molar-refractivity contribution is 0.102. The zero-order valence-corrected chi connectivity index (χ0v) is 15.8. The van der Waals surface area contributed by atoms with Crippen LogP contribution in [0.3, 0.4) is 0 Å². The summed E-state index contributed by atoms with van der Waals surface area (Å²) in [7, 11) is 0. The number of Topliss-reactive ketones (excluding diaryl/α,β-unsaturated/α-hetero) is 1. The summed E-state index contributed by atoms with van der Waals surface area (Å²) in [5.41, 5.74) is 3.09. The molecule has 130 valence electrons. The first-order valence-corrected chi connectivity index (χ1v) is 9.81. The topological polar surface area (TPSA) is 52.7 Å². The Morgan fingerprint density at radius 2 is 2.00 bits per heavy atom. The average molecular weight is 347 g/mol. The van der Waals surface area contributed by atoms with Crippen LogP contribution in [0.5, 0.6) is 0 Å². The standard InChI is InChI=1S/C18H26N4OS/c1-5-9-22-12(3)10-15(13(22)4)16(23)11-24-18-20-19-17(14-7-8-14)21(18)6-2/h10,14H,5-9,11H2,1-4H3. The maximum absolute atomic E-state index is 12.7. The van der Waals surface area contributed by atoms with Gasteiger partial charge in [0.25, 0.3) is 0 Å². The van der Waals surface area contributed by atoms with E-state index in [0.29, 0.717) is 11.7 Å². The van der Waals surface area contributed by atoms with Crippen LogP contribution in [0.15, 0.2) is 11.2 Å². The molecule has 5 nitrogen and oxygen atoms in total. The van der Waals surface area contributed by atoms with Crippen molar-refractivity contribution >= 4 is 17.5 Å². The van der Waals surface area contributed by atoms with Gasteiger partial charge in [-0.25, -0.2) is 0 Å². The molecule has 6 heteroatoms. The van der Waals surface area contributed by atoms with E-state index in [4.69, 9.17) is 0 Å². The summed E-state index contributed by atoms with van der Waals surface area (Å²) in [6.07, 6.45) is 3.50. The van der Waals surface area contributed by atoms with Crippen LogP contribution < -0.4 is 0 Å². The van der Waals surface area contributed by atoms with Gasteiger partial charge in [0.1, 0.15) is 5.82 Å². The molecule has 2 aromatic rings. The second kappa shape index (κ2) is 7.13. The molecule has 0 bridgehead atoms. The molecule has 1 saturated carbocycles. The fourth-order valence-electron chi connectivity index (χ4n) is 3.21. The lowest BCUT2D eigenvalue weighted by atomic mass is 10.2. The van der Waals surface area contributed by atoms with Crippen LogP contribution in [0.1, 0.15) is 66.6 Å². The van der Waals surface area contributed by atoms with Crippen molar-refractivity contribution in [3.8, 4) is 0 Å². The van der Waals surface area contributed by atoms with Gasteiger partial charge in [-0.2, -0.15) is 0 Å². The zero-order chi connectivity index (χ0) is 17.3. The molecule has 0 radical (unpaired) electrons. The summed E-state index contributed by atoms with van der Waals surface area (Å²) < 4.78 is 4.40. The van der Waals surface area contributed by atoms with Crippen LogP contribution >= 0.6 is 11.8 Å². The maximum atomic E-state index is 12.7. The third-order valence-corrected chi connectivity index (χ3v) is 5.62. The Labute approximate surface area is 147 Å². The predicted molar refractivity (Wildman–Crippen MR) is 96.9 cm³/mol. The molecule has 0 aromatic carbocycles. The highest BCUT2D eigenvalue weighted by atomic mass is 32.2. The summed E-state index contributed by atoms with van der Waals surface area (Å²) in [5.74, 6) is 2.26. The highest BCUT2D eigenvalue weighted by Crippen LogP contribution is 2.40. The van der Waals surface area contributed by atoms with Gasteiger partial charge in [-0.3, -0.25) is 4.79 Å². The van der Waals surface area contributed by atoms with Gasteiger partial charge in [-0.15, -0.1) is 10.2 Å². The number of aryl methyl sites for hydroxylation is 1. The van der Waals surface area contributed by atoms with Gasteiger partial charge in [0.2, 0.25) is 0 Å². The minimum absolute atomic E-state index is 0.175. The maximum Gasteiger partial charge on any atom is 0.191 e. The van der Waals surface area contributed by atoms with Crippen molar-refractivity contribution in [2.24, 2.45) is 0 Å². The van der Waals surface area contributed by atoms with E-state index < -0.39 is 0 Å². The van der Waals surface area contributed by atoms with Crippen molar-refractivity contribution in [1.82, 2.24) is 19.3 Å². The monoisotopic (exact) mass is 346 g/mol. The minimum atomic E-state index is 0.175. The molecule has 0 amide bonds. The Morgan fingerprint density at radius 3 is 2.62 bits per heavy atom. The molecule has 0 unspecified atom stereocenters. The van der Waals surface area contributed by atoms with Gasteiger partial charge in [-0.1, -0.05) is 18.7 Å². The van der Waals surface area contributed by atoms with Crippen LogP contribution in [0, 0.1) is 13.8 Å². The minimum Gasteiger partial charge on any atom is -0.348 e. The van der Waals surface area contributed by atoms with Crippen molar-refractivity contribution < 1.29 is 4.79 Å². The quantitative estimate of drug-likeness (QED) is 0.536. The predicted octanol–water partition coefficient (Wildman–Crippen LogP) is 3.98. The Bertz CT molecular complexity index is 743. The number of carbonyl (C=O) groups is 1. The highest BCUT2D eigenvalue weighted by molar-refractivity contribution is 7.99. The van der Waals surface area contributed by atoms with Gasteiger partial charge < -0.3 is 9.13 Å². The van der Waals surface area contributed by atoms with E-state index in [2.05, 4.69) is 40.1 Å². The number of ketones is 1. The second-order valence-corrected chi connectivity index (χ2v) is 7.45. The fourth-order valence-corrected chi connectivity index (χ4v) is 4.10. The Morgan fingerprint density at radius 1 is 1.25 bits per heavy atom. The molecular weight excluding hydrogens is 320 g/mol. The largest absolute Gasteiger partial charge is 0.348 e. The summed E-state index contributed by atoms with van der Waals surface area (Å²) in [6, 6.07) is 2.02. The van der Waals surface area contributed by atoms with E-state index in [1.54, 1.807) is 0 Å². The first kappa shape index (κ1) is 17.3. The SMILES string of the molecule is CCCn1c(C)cc(C(=O)CSc2nnc(C3CC3)n2CC)c1C. The van der Waals surface area contributed by atoms with Gasteiger partial charge in [0, 0.05) is 36.0 Å². The lowest BCUT2D eigenvalue weighted by Gasteiger charge is -2.08. The van der Waals surface area contributed by atoms with E-state index in [-0.39, 0.29) is 5.78 Å². The normalized spacial score (nSPS) is 14.3. The summed E-state index contributed by atoms with van der Waals surface area (Å²) in [4.78, 5) is 12.7. The van der Waals surface area contributed by atoms with Crippen molar-refractivity contribution in [1.29, 1.82) is 0 Å². The molecule has 2 heterocycles. The lowest BCUT2D eigenvalue weighted by Crippen LogP contribution is -2.08. The molecule has 1 aliphatic rings. The Kier molecular flexibility index (Phi) is 5.13. The third kappa shape index (κ3) is 3.29. The first-order valence-electron chi connectivity index (χ1n) is 8.82. The molecule has 0 saturated heterocycles. The second-order valence-electron chi connectivity index (χ2n) is 6.51. The summed E-state index contributed by atoms with van der Waals surface area (Å²) in [6.45, 7) is 10.2. The van der Waals surface area contributed by atoms with E-state index >= 15 is 0 Å². The van der Waals surface area contributed by atoms with Crippen molar-refractivity contribution in [3.63, 3.8) is 0 Å². The van der Waals surface area contributed by atoms with Crippen molar-refractivity contribution in [2.45, 2.75) is 71.1 Å². The molecule has 0 atom stereocenters. The highest BCUT2D eigenvalue weighted by Gasteiger charge is 2.30. The molecule has 0 spiro atoms. The third-order valence-electron chi connectivity index (χ3n) is 4.66. The van der Waals surface area contributed by atoms with Gasteiger partial charge in [-0.05, 0) is 46.1 Å². The molecule has 3 rings (SSSR count). The van der Waals surface area contributed by atoms with Gasteiger partial charge in [0.05, 0.1) is 5.75 Å². The number of hydrogen-bond acceptors (Lipinski definition) is 4. The molecule has 2 aromatic heterocycles. The molecule has 24 heavy (non-hydrogen) atoms. The van der Waals surface area contributed by atoms with Crippen molar-refractivity contribution in [2.75, 3.05) is 5.75 Å². The molecule has 0 aliphatic heterocycles.